The summed E-state index contributed by atoms with van der Waals surface area (Å²) >= 11 is 1.17. The summed E-state index contributed by atoms with van der Waals surface area (Å²) in [6.45, 7) is -3.38. The fourth-order valence-electron chi connectivity index (χ4n) is 4.40. The van der Waals surface area contributed by atoms with Crippen LogP contribution in [-0.2, 0) is 21.4 Å². The molecule has 0 radical (unpaired) electrons. The lowest BCUT2D eigenvalue weighted by molar-refractivity contribution is -0.274. The van der Waals surface area contributed by atoms with Crippen LogP contribution in [0.4, 0.5) is 27.1 Å². The van der Waals surface area contributed by atoms with Crippen LogP contribution in [0.2, 0.25) is 0 Å². The molecule has 45 heavy (non-hydrogen) atoms. The summed E-state index contributed by atoms with van der Waals surface area (Å²) in [5.74, 6) is -1.51. The lowest BCUT2D eigenvalue weighted by atomic mass is 10.1. The monoisotopic (exact) mass is 669 g/mol. The highest BCUT2D eigenvalue weighted by atomic mass is 32.2. The van der Waals surface area contributed by atoms with E-state index in [9.17, 15) is 35.2 Å². The summed E-state index contributed by atoms with van der Waals surface area (Å²) in [5, 5.41) is 12.1. The number of benzene rings is 2. The van der Waals surface area contributed by atoms with Gasteiger partial charge in [0.15, 0.2) is 10.8 Å². The molecule has 1 saturated heterocycles. The van der Waals surface area contributed by atoms with Crippen LogP contribution in [0.15, 0.2) is 59.6 Å². The van der Waals surface area contributed by atoms with Crippen LogP contribution in [0.1, 0.15) is 11.4 Å². The number of aromatic nitrogens is 3. The number of halogens is 5. The first kappa shape index (κ1) is 31.7. The molecule has 0 aliphatic carbocycles. The number of thiazole rings is 1. The highest BCUT2D eigenvalue weighted by Crippen LogP contribution is 2.31. The first-order chi connectivity index (χ1) is 21.3. The van der Waals surface area contributed by atoms with Gasteiger partial charge in [0, 0.05) is 26.2 Å². The van der Waals surface area contributed by atoms with Gasteiger partial charge in [0.2, 0.25) is 21.8 Å². The molecule has 0 unspecified atom stereocenters. The third-order valence-electron chi connectivity index (χ3n) is 6.42. The maximum atomic E-state index is 13.7. The molecule has 19 heteroatoms. The molecule has 0 bridgehead atoms. The van der Waals surface area contributed by atoms with Crippen molar-refractivity contribution in [1.29, 1.82) is 5.26 Å². The third kappa shape index (κ3) is 7.53. The maximum absolute atomic E-state index is 13.7. The lowest BCUT2D eigenvalue weighted by Crippen LogP contribution is -2.60. The number of fused-ring (bicyclic) bond motifs is 1. The summed E-state index contributed by atoms with van der Waals surface area (Å²) in [6, 6.07) is 9.54. The van der Waals surface area contributed by atoms with Crippen LogP contribution in [0, 0.1) is 11.3 Å². The third-order valence-corrected chi connectivity index (χ3v) is 9.39. The molecular weight excluding hydrogens is 649 g/mol. The van der Waals surface area contributed by atoms with Crippen LogP contribution in [0.3, 0.4) is 0 Å². The van der Waals surface area contributed by atoms with E-state index in [0.29, 0.717) is 15.4 Å². The second-order valence-electron chi connectivity index (χ2n) is 9.33. The molecule has 1 N–H and O–H groups in total. The number of rotatable bonds is 9. The SMILES string of the molecule is N#Cc1ncc2sc(N3CCN(S(=O)(=O)c4ccc(OC(F)(F)F)cc4)[C@@H](C(=O)NCc4ccc(OC(F)F)cc4)C3)nc2n1. The van der Waals surface area contributed by atoms with Crippen molar-refractivity contribution >= 4 is 42.7 Å². The van der Waals surface area contributed by atoms with Crippen molar-refractivity contribution in [3.8, 4) is 17.6 Å². The molecule has 2 aromatic heterocycles. The molecule has 1 aliphatic rings. The van der Waals surface area contributed by atoms with Gasteiger partial charge in [-0.3, -0.25) is 4.79 Å². The molecule has 0 saturated carbocycles. The number of nitrogens with one attached hydrogen (secondary N) is 1. The normalized spacial score (nSPS) is 16.0. The molecular formula is C26H20F5N7O5S2. The molecule has 1 fully saturated rings. The minimum absolute atomic E-state index is 0.0856. The molecule has 5 rings (SSSR count). The Morgan fingerprint density at radius 1 is 1.09 bits per heavy atom. The van der Waals surface area contributed by atoms with Crippen molar-refractivity contribution in [3.63, 3.8) is 0 Å². The number of piperazine rings is 1. The zero-order chi connectivity index (χ0) is 32.4. The summed E-state index contributed by atoms with van der Waals surface area (Å²) < 4.78 is 99.7. The van der Waals surface area contributed by atoms with E-state index in [1.54, 1.807) is 4.90 Å². The van der Waals surface area contributed by atoms with Gasteiger partial charge in [-0.25, -0.2) is 13.4 Å². The number of carbonyl (C=O) groups is 1. The quantitative estimate of drug-likeness (QED) is 0.262. The van der Waals surface area contributed by atoms with Gasteiger partial charge in [-0.2, -0.15) is 28.3 Å². The van der Waals surface area contributed by atoms with Crippen molar-refractivity contribution in [2.45, 2.75) is 30.5 Å². The fourth-order valence-corrected chi connectivity index (χ4v) is 6.88. The molecule has 1 aliphatic heterocycles. The molecule has 1 amide bonds. The molecule has 1 atom stereocenters. The van der Waals surface area contributed by atoms with Gasteiger partial charge in [-0.1, -0.05) is 23.5 Å². The van der Waals surface area contributed by atoms with E-state index in [1.807, 2.05) is 6.07 Å². The first-order valence-corrected chi connectivity index (χ1v) is 15.1. The number of nitrogens with zero attached hydrogens (tertiary/aromatic N) is 6. The second-order valence-corrected chi connectivity index (χ2v) is 12.2. The Kier molecular flexibility index (Phi) is 8.99. The van der Waals surface area contributed by atoms with E-state index in [2.05, 4.69) is 29.7 Å². The predicted molar refractivity (Wildman–Crippen MR) is 148 cm³/mol. The van der Waals surface area contributed by atoms with Gasteiger partial charge in [-0.15, -0.1) is 13.2 Å². The van der Waals surface area contributed by atoms with E-state index in [4.69, 9.17) is 5.26 Å². The number of sulfonamides is 1. The number of ether oxygens (including phenoxy) is 2. The number of carbonyl (C=O) groups excluding carboxylic acids is 1. The molecule has 2 aromatic carbocycles. The van der Waals surface area contributed by atoms with Crippen LogP contribution in [0.25, 0.3) is 10.3 Å². The molecule has 3 heterocycles. The van der Waals surface area contributed by atoms with Gasteiger partial charge < -0.3 is 19.7 Å². The smallest absolute Gasteiger partial charge is 0.435 e. The highest BCUT2D eigenvalue weighted by Gasteiger charge is 2.41. The van der Waals surface area contributed by atoms with E-state index in [-0.39, 0.29) is 48.3 Å². The standard InChI is InChI=1S/C26H20F5N7O5S2/c27-24(28)42-16-3-1-15(2-4-16)12-34-23(39)19-14-37(25-36-22-20(44-25)13-33-21(11-32)35-22)9-10-38(19)45(40,41)18-7-5-17(6-8-18)43-26(29,30)31/h1-8,13,19,24H,9-10,12,14H2,(H,34,39)/t19-/m1/s1. The fraction of sp³-hybridized carbons (Fsp3) is 0.269. The van der Waals surface area contributed by atoms with Crippen molar-refractivity contribution < 1.29 is 44.6 Å². The van der Waals surface area contributed by atoms with Crippen LogP contribution >= 0.6 is 11.3 Å². The summed E-state index contributed by atoms with van der Waals surface area (Å²) in [4.78, 5) is 27.2. The van der Waals surface area contributed by atoms with Crippen molar-refractivity contribution in [2.75, 3.05) is 24.5 Å². The predicted octanol–water partition coefficient (Wildman–Crippen LogP) is 3.65. The average Bonchev–Trinajstić information content (AvgIpc) is 3.43. The summed E-state index contributed by atoms with van der Waals surface area (Å²) in [6.07, 6.45) is -3.55. The average molecular weight is 670 g/mol. The van der Waals surface area contributed by atoms with Crippen LogP contribution in [0.5, 0.6) is 11.5 Å². The Balaban J connectivity index is 1.39. The Labute approximate surface area is 255 Å². The van der Waals surface area contributed by atoms with E-state index < -0.39 is 40.7 Å². The van der Waals surface area contributed by atoms with Gasteiger partial charge >= 0.3 is 13.0 Å². The number of nitriles is 1. The van der Waals surface area contributed by atoms with Crippen molar-refractivity contribution in [3.05, 3.63) is 66.1 Å². The molecule has 236 valence electrons. The number of amides is 1. The summed E-state index contributed by atoms with van der Waals surface area (Å²) in [5.41, 5.74) is 0.753. The van der Waals surface area contributed by atoms with Gasteiger partial charge in [-0.05, 0) is 42.0 Å². The van der Waals surface area contributed by atoms with Crippen molar-refractivity contribution in [1.82, 2.24) is 24.6 Å². The number of hydrogen-bond donors (Lipinski definition) is 1. The molecule has 4 aromatic rings. The van der Waals surface area contributed by atoms with Crippen LogP contribution < -0.4 is 19.7 Å². The zero-order valence-corrected chi connectivity index (χ0v) is 24.2. The molecule has 0 spiro atoms. The van der Waals surface area contributed by atoms with Gasteiger partial charge in [0.1, 0.15) is 23.6 Å². The second kappa shape index (κ2) is 12.7. The maximum Gasteiger partial charge on any atom is 0.573 e. The van der Waals surface area contributed by atoms with E-state index in [0.717, 1.165) is 28.6 Å². The topological polar surface area (TPSA) is 151 Å². The first-order valence-electron chi connectivity index (χ1n) is 12.8. The number of anilines is 1. The van der Waals surface area contributed by atoms with Crippen molar-refractivity contribution in [2.24, 2.45) is 0 Å². The molecule has 12 nitrogen and oxygen atoms in total. The Bertz CT molecular complexity index is 1830. The summed E-state index contributed by atoms with van der Waals surface area (Å²) in [7, 11) is -4.41. The lowest BCUT2D eigenvalue weighted by Gasteiger charge is -2.39. The Morgan fingerprint density at radius 2 is 1.78 bits per heavy atom. The van der Waals surface area contributed by atoms with Crippen LogP contribution in [-0.4, -0.2) is 72.2 Å². The highest BCUT2D eigenvalue weighted by molar-refractivity contribution is 7.89. The zero-order valence-electron chi connectivity index (χ0n) is 22.6. The van der Waals surface area contributed by atoms with Gasteiger partial charge in [0.25, 0.3) is 0 Å². The largest absolute Gasteiger partial charge is 0.573 e. The number of alkyl halides is 5. The minimum atomic E-state index is -4.97. The minimum Gasteiger partial charge on any atom is -0.435 e. The van der Waals surface area contributed by atoms with E-state index >= 15 is 0 Å². The number of hydrogen-bond acceptors (Lipinski definition) is 11. The van der Waals surface area contributed by atoms with Gasteiger partial charge in [0.05, 0.1) is 15.8 Å². The van der Waals surface area contributed by atoms with E-state index in [1.165, 1.54) is 41.8 Å². The Morgan fingerprint density at radius 3 is 2.42 bits per heavy atom. The Hall–Kier alpha value is -4.67.